The van der Waals surface area contributed by atoms with Crippen LogP contribution in [-0.2, 0) is 24.8 Å². The second-order valence-corrected chi connectivity index (χ2v) is 8.17. The molecule has 0 saturated heterocycles. The van der Waals surface area contributed by atoms with Gasteiger partial charge in [0.05, 0.1) is 36.8 Å². The summed E-state index contributed by atoms with van der Waals surface area (Å²) in [6.45, 7) is 8.83. The number of sulfonamides is 2. The smallest absolute Gasteiger partial charge is 0.429 e. The summed E-state index contributed by atoms with van der Waals surface area (Å²) in [4.78, 5) is 0. The summed E-state index contributed by atoms with van der Waals surface area (Å²) in [5.74, 6) is 0. The van der Waals surface area contributed by atoms with E-state index in [1.54, 1.807) is 11.2 Å². The van der Waals surface area contributed by atoms with E-state index < -0.39 is 25.6 Å². The first kappa shape index (κ1) is 23.8. The number of quaternary nitrogens is 1. The monoisotopic (exact) mass is 372 g/mol. The zero-order valence-corrected chi connectivity index (χ0v) is 14.8. The molecule has 0 aliphatic rings. The Balaban J connectivity index is 0. The summed E-state index contributed by atoms with van der Waals surface area (Å²) in [6.07, 6.45) is 0.246. The molecule has 0 bridgehead atoms. The Morgan fingerprint density at radius 1 is 1.09 bits per heavy atom. The number of ether oxygens (including phenoxy) is 1. The maximum absolute atomic E-state index is 11.4. The molecule has 0 saturated carbocycles. The van der Waals surface area contributed by atoms with Gasteiger partial charge in [0.1, 0.15) is 6.54 Å². The van der Waals surface area contributed by atoms with Gasteiger partial charge in [0.2, 0.25) is 0 Å². The van der Waals surface area contributed by atoms with Crippen LogP contribution in [0, 0.1) is 0 Å². The van der Waals surface area contributed by atoms with Crippen molar-refractivity contribution in [3.8, 4) is 0 Å². The zero-order valence-electron chi connectivity index (χ0n) is 13.2. The fourth-order valence-electron chi connectivity index (χ4n) is 1.07. The van der Waals surface area contributed by atoms with E-state index in [2.05, 4.69) is 20.9 Å². The molecule has 0 aromatic heterocycles. The van der Waals surface area contributed by atoms with Gasteiger partial charge in [-0.25, -0.2) is 16.8 Å². The summed E-state index contributed by atoms with van der Waals surface area (Å²) in [5, 5.41) is 0. The van der Waals surface area contributed by atoms with Crippen LogP contribution in [-0.4, -0.2) is 73.5 Å². The van der Waals surface area contributed by atoms with Crippen LogP contribution in [0.25, 0.3) is 4.13 Å². The molecule has 0 rings (SSSR count). The van der Waals surface area contributed by atoms with E-state index in [0.29, 0.717) is 0 Å². The highest BCUT2D eigenvalue weighted by Crippen LogP contribution is 2.29. The molecule has 136 valence electrons. The van der Waals surface area contributed by atoms with Crippen molar-refractivity contribution in [2.75, 3.05) is 46.7 Å². The predicted octanol–water partition coefficient (Wildman–Crippen LogP) is 1.29. The maximum atomic E-state index is 11.4. The van der Waals surface area contributed by atoms with Crippen LogP contribution in [0.5, 0.6) is 0 Å². The van der Waals surface area contributed by atoms with E-state index in [1.807, 2.05) is 0 Å². The topological polar surface area (TPSA) is 91.6 Å². The van der Waals surface area contributed by atoms with Gasteiger partial charge in [0, 0.05) is 13.4 Å². The van der Waals surface area contributed by atoms with Crippen LogP contribution in [0.2, 0.25) is 0 Å². The van der Waals surface area contributed by atoms with Gasteiger partial charge in [-0.3, -0.25) is 0 Å². The third kappa shape index (κ3) is 10.3. The Morgan fingerprint density at radius 3 is 1.68 bits per heavy atom. The number of likely N-dealkylation sites (N-methyl/N-ethyl adjacent to an activating group) is 1. The molecule has 22 heavy (non-hydrogen) atoms. The lowest BCUT2D eigenvalue weighted by atomic mass is 10.4. The van der Waals surface area contributed by atoms with Crippen LogP contribution in [0.15, 0.2) is 0 Å². The summed E-state index contributed by atoms with van der Waals surface area (Å²) in [6, 6.07) is 0. The van der Waals surface area contributed by atoms with Crippen molar-refractivity contribution >= 4 is 20.0 Å². The Labute approximate surface area is 130 Å². The van der Waals surface area contributed by atoms with Crippen LogP contribution >= 0.6 is 0 Å². The van der Waals surface area contributed by atoms with Gasteiger partial charge in [-0.2, -0.15) is 13.2 Å². The largest absolute Gasteiger partial charge is 0.480 e. The molecule has 0 aromatic rings. The molecule has 0 radical (unpaired) electrons. The third-order valence-electron chi connectivity index (χ3n) is 2.89. The summed E-state index contributed by atoms with van der Waals surface area (Å²) in [7, 11) is -6.44. The van der Waals surface area contributed by atoms with E-state index in [4.69, 9.17) is 4.74 Å². The number of alkyl halides is 3. The van der Waals surface area contributed by atoms with Gasteiger partial charge >= 0.3 is 5.51 Å². The van der Waals surface area contributed by atoms with Crippen molar-refractivity contribution in [2.45, 2.75) is 19.4 Å². The minimum atomic E-state index is -5.92. The molecule has 0 aliphatic heterocycles. The average molecular weight is 372 g/mol. The Morgan fingerprint density at radius 2 is 1.50 bits per heavy atom. The van der Waals surface area contributed by atoms with Gasteiger partial charge in [-0.1, -0.05) is 0 Å². The highest BCUT2D eigenvalue weighted by molar-refractivity contribution is 8.12. The summed E-state index contributed by atoms with van der Waals surface area (Å²) >= 11 is 0. The fraction of sp³-hybridized carbons (Fsp3) is 1.00. The molecular formula is C10H23F3N2O5S2. The van der Waals surface area contributed by atoms with Gasteiger partial charge in [0.15, 0.2) is 10.0 Å². The van der Waals surface area contributed by atoms with E-state index in [9.17, 15) is 30.0 Å². The molecule has 12 heteroatoms. The molecule has 0 aromatic carbocycles. The first-order valence-electron chi connectivity index (χ1n) is 6.22. The first-order valence-corrected chi connectivity index (χ1v) is 9.51. The second kappa shape index (κ2) is 9.01. The molecule has 7 nitrogen and oxygen atoms in total. The molecular weight excluding hydrogens is 349 g/mol. The van der Waals surface area contributed by atoms with Crippen molar-refractivity contribution in [1.29, 1.82) is 0 Å². The van der Waals surface area contributed by atoms with Crippen molar-refractivity contribution in [2.24, 2.45) is 0 Å². The van der Waals surface area contributed by atoms with Crippen LogP contribution < -0.4 is 0 Å². The van der Waals surface area contributed by atoms with Crippen molar-refractivity contribution < 1.29 is 39.2 Å². The standard InChI is InChI=1S/C8H20NO.C2H3F3NO4S2/c1-5-9(3,6-2)7-8-10-4;1-11(7,8)6-12(9,10)2(3,4)5/h5-8H2,1-4H3;1H3/q+1;-1. The highest BCUT2D eigenvalue weighted by Gasteiger charge is 2.39. The quantitative estimate of drug-likeness (QED) is 0.628. The third-order valence-corrected chi connectivity index (χ3v) is 5.34. The lowest BCUT2D eigenvalue weighted by Crippen LogP contribution is -2.45. The van der Waals surface area contributed by atoms with Crippen LogP contribution in [0.4, 0.5) is 13.2 Å². The molecule has 0 heterocycles. The Bertz CT molecular complexity index is 513. The average Bonchev–Trinajstić information content (AvgIpc) is 2.32. The van der Waals surface area contributed by atoms with E-state index in [-0.39, 0.29) is 6.26 Å². The van der Waals surface area contributed by atoms with E-state index in [1.165, 1.54) is 13.1 Å². The molecule has 0 aliphatic carbocycles. The van der Waals surface area contributed by atoms with Crippen molar-refractivity contribution in [3.05, 3.63) is 4.13 Å². The maximum Gasteiger partial charge on any atom is 0.480 e. The molecule has 0 fully saturated rings. The number of nitrogens with zero attached hydrogens (tertiary/aromatic N) is 2. The van der Waals surface area contributed by atoms with Gasteiger partial charge < -0.3 is 13.3 Å². The summed E-state index contributed by atoms with van der Waals surface area (Å²) in [5.41, 5.74) is -5.67. The number of hydrogen-bond donors (Lipinski definition) is 0. The molecule has 0 spiro atoms. The minimum Gasteiger partial charge on any atom is -0.429 e. The van der Waals surface area contributed by atoms with Crippen LogP contribution in [0.1, 0.15) is 13.8 Å². The molecule has 0 unspecified atom stereocenters. The SMILES string of the molecule is CC[N+](C)(CC)CCOC.CS(=O)(=O)[N-]S(=O)(=O)C(F)(F)F. The van der Waals surface area contributed by atoms with Gasteiger partial charge in [-0.05, 0) is 13.8 Å². The minimum absolute atomic E-state index is 0.246. The Hall–Kier alpha value is -0.430. The lowest BCUT2D eigenvalue weighted by molar-refractivity contribution is -0.906. The Kier molecular flexibility index (Phi) is 9.76. The predicted molar refractivity (Wildman–Crippen MR) is 77.2 cm³/mol. The second-order valence-electron chi connectivity index (χ2n) is 4.70. The molecule has 0 atom stereocenters. The number of methoxy groups -OCH3 is 1. The number of halogens is 3. The van der Waals surface area contributed by atoms with E-state index >= 15 is 0 Å². The highest BCUT2D eigenvalue weighted by atomic mass is 32.3. The van der Waals surface area contributed by atoms with Crippen molar-refractivity contribution in [1.82, 2.24) is 0 Å². The number of rotatable bonds is 7. The lowest BCUT2D eigenvalue weighted by Gasteiger charge is -2.31. The number of hydrogen-bond acceptors (Lipinski definition) is 5. The first-order chi connectivity index (χ1) is 9.64. The molecule has 0 N–H and O–H groups in total. The fourth-order valence-corrected chi connectivity index (χ4v) is 2.84. The summed E-state index contributed by atoms with van der Waals surface area (Å²) < 4.78 is 82.1. The van der Waals surface area contributed by atoms with E-state index in [0.717, 1.165) is 17.6 Å². The van der Waals surface area contributed by atoms with Gasteiger partial charge in [0.25, 0.3) is 0 Å². The zero-order chi connectivity index (χ0) is 18.2. The van der Waals surface area contributed by atoms with Crippen LogP contribution in [0.3, 0.4) is 0 Å². The normalized spacial score (nSPS) is 13.5. The van der Waals surface area contributed by atoms with Gasteiger partial charge in [-0.15, -0.1) is 0 Å². The molecule has 0 amide bonds. The van der Waals surface area contributed by atoms with Crippen molar-refractivity contribution in [3.63, 3.8) is 0 Å².